The van der Waals surface area contributed by atoms with Crippen molar-refractivity contribution < 1.29 is 19.4 Å². The van der Waals surface area contributed by atoms with Crippen LogP contribution in [0.25, 0.3) is 0 Å². The minimum atomic E-state index is -0.732. The first-order chi connectivity index (χ1) is 11.8. The average Bonchev–Trinajstić information content (AvgIpc) is 2.56. The van der Waals surface area contributed by atoms with Gasteiger partial charge in [-0.3, -0.25) is 0 Å². The molecule has 0 aliphatic carbocycles. The fraction of sp³-hybridized carbons (Fsp3) is 0.381. The Morgan fingerprint density at radius 2 is 1.64 bits per heavy atom. The Morgan fingerprint density at radius 3 is 2.16 bits per heavy atom. The van der Waals surface area contributed by atoms with Crippen molar-refractivity contribution >= 4 is 5.97 Å². The fourth-order valence-electron chi connectivity index (χ4n) is 2.45. The molecular weight excluding hydrogens is 316 g/mol. The van der Waals surface area contributed by atoms with Gasteiger partial charge in [-0.1, -0.05) is 45.0 Å². The zero-order valence-corrected chi connectivity index (χ0v) is 15.3. The predicted octanol–water partition coefficient (Wildman–Crippen LogP) is 4.24. The van der Waals surface area contributed by atoms with E-state index < -0.39 is 12.1 Å². The number of benzene rings is 2. The van der Waals surface area contributed by atoms with E-state index in [-0.39, 0.29) is 11.2 Å². The van der Waals surface area contributed by atoms with Crippen molar-refractivity contribution in [2.24, 2.45) is 0 Å². The van der Waals surface area contributed by atoms with Crippen LogP contribution in [0, 0.1) is 0 Å². The number of ether oxygens (including phenoxy) is 2. The highest BCUT2D eigenvalue weighted by Gasteiger charge is 2.23. The summed E-state index contributed by atoms with van der Waals surface area (Å²) in [6.07, 6.45) is -0.356. The summed E-state index contributed by atoms with van der Waals surface area (Å²) in [5, 5.41) is 9.39. The summed E-state index contributed by atoms with van der Waals surface area (Å²) in [5.74, 6) is 0.426. The molecule has 0 spiro atoms. The summed E-state index contributed by atoms with van der Waals surface area (Å²) in [7, 11) is 0. The van der Waals surface area contributed by atoms with Gasteiger partial charge in [0.1, 0.15) is 11.5 Å². The summed E-state index contributed by atoms with van der Waals surface area (Å²) in [6, 6.07) is 14.5. The third-order valence-corrected chi connectivity index (χ3v) is 3.91. The lowest BCUT2D eigenvalue weighted by atomic mass is 9.87. The van der Waals surface area contributed by atoms with E-state index in [9.17, 15) is 9.90 Å². The Morgan fingerprint density at radius 1 is 1.04 bits per heavy atom. The lowest BCUT2D eigenvalue weighted by Crippen LogP contribution is -2.31. The number of carbonyl (C=O) groups excluding carboxylic acids is 1. The molecule has 0 radical (unpaired) electrons. The number of carbonyl (C=O) groups is 1. The van der Waals surface area contributed by atoms with Gasteiger partial charge in [0.05, 0.1) is 6.61 Å². The molecule has 0 aliphatic rings. The Hall–Kier alpha value is -2.49. The van der Waals surface area contributed by atoms with Gasteiger partial charge in [0.15, 0.2) is 6.10 Å². The van der Waals surface area contributed by atoms with E-state index in [1.165, 1.54) is 5.56 Å². The van der Waals surface area contributed by atoms with Crippen LogP contribution in [0.2, 0.25) is 0 Å². The van der Waals surface area contributed by atoms with E-state index in [2.05, 4.69) is 20.8 Å². The number of hydrogen-bond donors (Lipinski definition) is 1. The van der Waals surface area contributed by atoms with Gasteiger partial charge in [-0.05, 0) is 47.7 Å². The Bertz CT molecular complexity index is 681. The molecule has 0 aliphatic heterocycles. The van der Waals surface area contributed by atoms with Gasteiger partial charge < -0.3 is 14.6 Å². The Labute approximate surface area is 149 Å². The third kappa shape index (κ3) is 5.52. The lowest BCUT2D eigenvalue weighted by Gasteiger charge is -2.21. The molecule has 2 aromatic carbocycles. The second-order valence-electron chi connectivity index (χ2n) is 7.00. The molecule has 0 bridgehead atoms. The van der Waals surface area contributed by atoms with E-state index >= 15 is 0 Å². The van der Waals surface area contributed by atoms with E-state index in [1.807, 2.05) is 24.3 Å². The summed E-state index contributed by atoms with van der Waals surface area (Å²) in [4.78, 5) is 12.2. The molecule has 4 heteroatoms. The molecule has 0 heterocycles. The van der Waals surface area contributed by atoms with Gasteiger partial charge in [0.25, 0.3) is 0 Å². The van der Waals surface area contributed by atoms with Crippen molar-refractivity contribution in [3.63, 3.8) is 0 Å². The van der Waals surface area contributed by atoms with Crippen LogP contribution in [-0.4, -0.2) is 23.8 Å². The first kappa shape index (κ1) is 18.8. The quantitative estimate of drug-likeness (QED) is 0.798. The van der Waals surface area contributed by atoms with Gasteiger partial charge >= 0.3 is 5.97 Å². The van der Waals surface area contributed by atoms with E-state index in [0.29, 0.717) is 18.8 Å². The van der Waals surface area contributed by atoms with Gasteiger partial charge in [0, 0.05) is 6.42 Å². The molecule has 0 aromatic heterocycles. The Balaban J connectivity index is 2.15. The number of phenols is 1. The summed E-state index contributed by atoms with van der Waals surface area (Å²) in [5.41, 5.74) is 2.15. The maximum absolute atomic E-state index is 12.2. The van der Waals surface area contributed by atoms with Gasteiger partial charge in [0.2, 0.25) is 0 Å². The summed E-state index contributed by atoms with van der Waals surface area (Å²) < 4.78 is 11.0. The third-order valence-electron chi connectivity index (χ3n) is 3.91. The molecule has 0 saturated heterocycles. The van der Waals surface area contributed by atoms with Crippen molar-refractivity contribution in [2.75, 3.05) is 6.61 Å². The number of phenolic OH excluding ortho intramolecular Hbond substituents is 1. The molecule has 1 N–H and O–H groups in total. The van der Waals surface area contributed by atoms with E-state index in [4.69, 9.17) is 9.47 Å². The van der Waals surface area contributed by atoms with Crippen molar-refractivity contribution in [1.82, 2.24) is 0 Å². The highest BCUT2D eigenvalue weighted by atomic mass is 16.6. The molecule has 25 heavy (non-hydrogen) atoms. The van der Waals surface area contributed by atoms with Crippen LogP contribution < -0.4 is 4.74 Å². The monoisotopic (exact) mass is 342 g/mol. The Kier molecular flexibility index (Phi) is 6.07. The standard InChI is InChI=1S/C21H26O4/c1-5-24-20(23)19(14-15-6-10-17(22)11-7-15)25-18-12-8-16(9-13-18)21(2,3)4/h6-13,19,22H,5,14H2,1-4H3/t19-/m0/s1. The maximum atomic E-state index is 12.2. The van der Waals surface area contributed by atoms with Crippen molar-refractivity contribution in [3.8, 4) is 11.5 Å². The normalized spacial score (nSPS) is 12.5. The van der Waals surface area contributed by atoms with Gasteiger partial charge in [-0.15, -0.1) is 0 Å². The van der Waals surface area contributed by atoms with Crippen molar-refractivity contribution in [2.45, 2.75) is 45.6 Å². The van der Waals surface area contributed by atoms with Crippen LogP contribution >= 0.6 is 0 Å². The lowest BCUT2D eigenvalue weighted by molar-refractivity contribution is -0.151. The first-order valence-corrected chi connectivity index (χ1v) is 8.51. The highest BCUT2D eigenvalue weighted by molar-refractivity contribution is 5.75. The van der Waals surface area contributed by atoms with Crippen molar-refractivity contribution in [3.05, 3.63) is 59.7 Å². The van der Waals surface area contributed by atoms with Crippen LogP contribution in [0.1, 0.15) is 38.8 Å². The molecule has 2 aromatic rings. The van der Waals surface area contributed by atoms with Crippen molar-refractivity contribution in [1.29, 1.82) is 0 Å². The van der Waals surface area contributed by atoms with Crippen LogP contribution in [0.15, 0.2) is 48.5 Å². The topological polar surface area (TPSA) is 55.8 Å². The number of rotatable bonds is 6. The van der Waals surface area contributed by atoms with Crippen LogP contribution in [0.3, 0.4) is 0 Å². The molecule has 134 valence electrons. The van der Waals surface area contributed by atoms with E-state index in [0.717, 1.165) is 5.56 Å². The number of aromatic hydroxyl groups is 1. The smallest absolute Gasteiger partial charge is 0.347 e. The highest BCUT2D eigenvalue weighted by Crippen LogP contribution is 2.25. The largest absolute Gasteiger partial charge is 0.508 e. The average molecular weight is 342 g/mol. The SMILES string of the molecule is CCOC(=O)[C@H](Cc1ccc(O)cc1)Oc1ccc(C(C)(C)C)cc1. The molecule has 0 amide bonds. The zero-order valence-electron chi connectivity index (χ0n) is 15.3. The molecule has 0 unspecified atom stereocenters. The molecule has 1 atom stereocenters. The molecule has 0 fully saturated rings. The number of esters is 1. The molecule has 0 saturated carbocycles. The molecule has 4 nitrogen and oxygen atoms in total. The van der Waals surface area contributed by atoms with Gasteiger partial charge in [-0.2, -0.15) is 0 Å². The zero-order chi connectivity index (χ0) is 18.4. The van der Waals surface area contributed by atoms with Crippen LogP contribution in [0.5, 0.6) is 11.5 Å². The van der Waals surface area contributed by atoms with Crippen LogP contribution in [-0.2, 0) is 21.4 Å². The first-order valence-electron chi connectivity index (χ1n) is 8.51. The van der Waals surface area contributed by atoms with Crippen LogP contribution in [0.4, 0.5) is 0 Å². The summed E-state index contributed by atoms with van der Waals surface area (Å²) >= 11 is 0. The van der Waals surface area contributed by atoms with E-state index in [1.54, 1.807) is 31.2 Å². The predicted molar refractivity (Wildman–Crippen MR) is 98.0 cm³/mol. The second-order valence-corrected chi connectivity index (χ2v) is 7.00. The second kappa shape index (κ2) is 8.06. The van der Waals surface area contributed by atoms with Gasteiger partial charge in [-0.25, -0.2) is 4.79 Å². The maximum Gasteiger partial charge on any atom is 0.347 e. The minimum absolute atomic E-state index is 0.0606. The number of hydrogen-bond acceptors (Lipinski definition) is 4. The minimum Gasteiger partial charge on any atom is -0.508 e. The fourth-order valence-corrected chi connectivity index (χ4v) is 2.45. The molecule has 2 rings (SSSR count). The molecular formula is C21H26O4. The summed E-state index contributed by atoms with van der Waals surface area (Å²) in [6.45, 7) is 8.52.